The van der Waals surface area contributed by atoms with Crippen molar-refractivity contribution in [2.45, 2.75) is 6.92 Å². The molecule has 0 unspecified atom stereocenters. The van der Waals surface area contributed by atoms with Gasteiger partial charge in [-0.25, -0.2) is 13.1 Å². The first-order valence-electron chi connectivity index (χ1n) is 8.52. The van der Waals surface area contributed by atoms with Crippen LogP contribution in [0.1, 0.15) is 12.5 Å². The summed E-state index contributed by atoms with van der Waals surface area (Å²) in [6.07, 6.45) is 0. The Morgan fingerprint density at radius 1 is 1.23 bits per heavy atom. The number of nitriles is 1. The summed E-state index contributed by atoms with van der Waals surface area (Å²) >= 11 is 0. The maximum atomic E-state index is 12.3. The average molecular weight is 378 g/mol. The van der Waals surface area contributed by atoms with Crippen LogP contribution in [0.25, 0.3) is 5.57 Å². The molecule has 1 N–H and O–H groups in total. The fraction of sp³-hybridized carbons (Fsp3) is 0.500. The molecule has 142 valence electrons. The van der Waals surface area contributed by atoms with Crippen LogP contribution >= 0.6 is 0 Å². The molecule has 0 aliphatic carbocycles. The third-order valence-electron chi connectivity index (χ3n) is 4.48. The van der Waals surface area contributed by atoms with Crippen molar-refractivity contribution < 1.29 is 13.2 Å². The lowest BCUT2D eigenvalue weighted by molar-refractivity contribution is 0.204. The highest BCUT2D eigenvalue weighted by atomic mass is 32.2. The van der Waals surface area contributed by atoms with Gasteiger partial charge in [0.25, 0.3) is 10.0 Å². The van der Waals surface area contributed by atoms with Crippen molar-refractivity contribution in [2.24, 2.45) is 0 Å². The average Bonchev–Trinajstić information content (AvgIpc) is 2.63. The minimum Gasteiger partial charge on any atom is -0.383 e. The van der Waals surface area contributed by atoms with E-state index in [0.717, 1.165) is 37.4 Å². The molecule has 1 aliphatic rings. The van der Waals surface area contributed by atoms with Crippen molar-refractivity contribution in [1.29, 1.82) is 5.26 Å². The van der Waals surface area contributed by atoms with Gasteiger partial charge in [-0.1, -0.05) is 12.1 Å². The van der Waals surface area contributed by atoms with Crippen molar-refractivity contribution in [3.63, 3.8) is 0 Å². The van der Waals surface area contributed by atoms with Gasteiger partial charge in [-0.3, -0.25) is 0 Å². The van der Waals surface area contributed by atoms with E-state index in [-0.39, 0.29) is 18.1 Å². The Morgan fingerprint density at radius 2 is 1.85 bits per heavy atom. The molecule has 26 heavy (non-hydrogen) atoms. The van der Waals surface area contributed by atoms with E-state index in [1.165, 1.54) is 7.11 Å². The van der Waals surface area contributed by atoms with Crippen LogP contribution in [0.15, 0.2) is 29.2 Å². The van der Waals surface area contributed by atoms with Gasteiger partial charge in [-0.05, 0) is 37.2 Å². The van der Waals surface area contributed by atoms with Crippen LogP contribution in [0.5, 0.6) is 0 Å². The number of benzene rings is 1. The van der Waals surface area contributed by atoms with E-state index in [4.69, 9.17) is 4.74 Å². The second-order valence-electron chi connectivity index (χ2n) is 6.29. The van der Waals surface area contributed by atoms with Gasteiger partial charge in [0.15, 0.2) is 4.91 Å². The summed E-state index contributed by atoms with van der Waals surface area (Å²) in [5, 5.41) is 9.36. The van der Waals surface area contributed by atoms with Gasteiger partial charge < -0.3 is 14.5 Å². The lowest BCUT2D eigenvalue weighted by Gasteiger charge is -2.34. The van der Waals surface area contributed by atoms with E-state index in [1.807, 2.05) is 30.3 Å². The quantitative estimate of drug-likeness (QED) is 0.568. The van der Waals surface area contributed by atoms with Crippen molar-refractivity contribution in [3.8, 4) is 6.07 Å². The number of allylic oxidation sites excluding steroid dienone is 2. The molecule has 0 spiro atoms. The molecule has 1 aromatic rings. The van der Waals surface area contributed by atoms with Crippen LogP contribution in [-0.4, -0.2) is 66.8 Å². The summed E-state index contributed by atoms with van der Waals surface area (Å²) < 4.78 is 31.9. The molecule has 0 saturated carbocycles. The molecule has 0 bridgehead atoms. The SMILES string of the molecule is COCCNS(=O)(=O)/C(C#N)=C(\C)c1ccc(N2CCN(C)CC2)cc1. The number of nitrogens with one attached hydrogen (secondary N) is 1. The van der Waals surface area contributed by atoms with Crippen LogP contribution < -0.4 is 9.62 Å². The minimum absolute atomic E-state index is 0.125. The third kappa shape index (κ3) is 5.05. The molecule has 1 aliphatic heterocycles. The molecule has 0 atom stereocenters. The van der Waals surface area contributed by atoms with Crippen molar-refractivity contribution in [3.05, 3.63) is 34.7 Å². The lowest BCUT2D eigenvalue weighted by atomic mass is 10.1. The van der Waals surface area contributed by atoms with E-state index >= 15 is 0 Å². The Labute approximate surface area is 155 Å². The standard InChI is InChI=1S/C18H26N4O3S/c1-15(18(14-19)26(23,24)20-8-13-25-3)16-4-6-17(7-5-16)22-11-9-21(2)10-12-22/h4-7,20H,8-13H2,1-3H3/b18-15+. The van der Waals surface area contributed by atoms with E-state index in [2.05, 4.69) is 21.6 Å². The Bertz CT molecular complexity index is 774. The molecule has 0 aromatic heterocycles. The second kappa shape index (κ2) is 9.14. The summed E-state index contributed by atoms with van der Waals surface area (Å²) in [6, 6.07) is 9.51. The van der Waals surface area contributed by atoms with Gasteiger partial charge in [0, 0.05) is 45.5 Å². The molecule has 1 saturated heterocycles. The molecule has 1 fully saturated rings. The van der Waals surface area contributed by atoms with Crippen LogP contribution in [0.2, 0.25) is 0 Å². The van der Waals surface area contributed by atoms with E-state index in [0.29, 0.717) is 5.57 Å². The smallest absolute Gasteiger partial charge is 0.251 e. The minimum atomic E-state index is -3.86. The molecular formula is C18H26N4O3S. The number of hydrogen-bond acceptors (Lipinski definition) is 6. The van der Waals surface area contributed by atoms with Crippen molar-refractivity contribution >= 4 is 21.3 Å². The lowest BCUT2D eigenvalue weighted by Crippen LogP contribution is -2.44. The molecule has 2 rings (SSSR count). The topological polar surface area (TPSA) is 85.7 Å². The fourth-order valence-corrected chi connectivity index (χ4v) is 3.95. The number of sulfonamides is 1. The van der Waals surface area contributed by atoms with Crippen molar-refractivity contribution in [1.82, 2.24) is 9.62 Å². The Morgan fingerprint density at radius 3 is 2.38 bits per heavy atom. The van der Waals surface area contributed by atoms with Crippen LogP contribution in [-0.2, 0) is 14.8 Å². The van der Waals surface area contributed by atoms with E-state index in [9.17, 15) is 13.7 Å². The Kier molecular flexibility index (Phi) is 7.17. The van der Waals surface area contributed by atoms with Gasteiger partial charge in [0.05, 0.1) is 6.61 Å². The number of methoxy groups -OCH3 is 1. The Hall–Kier alpha value is -1.92. The predicted molar refractivity (Wildman–Crippen MR) is 103 cm³/mol. The van der Waals surface area contributed by atoms with Crippen LogP contribution in [0.3, 0.4) is 0 Å². The second-order valence-corrected chi connectivity index (χ2v) is 8.00. The van der Waals surface area contributed by atoms with Gasteiger partial charge in [0.1, 0.15) is 6.07 Å². The molecule has 0 radical (unpaired) electrons. The number of nitrogens with zero attached hydrogens (tertiary/aromatic N) is 3. The molecule has 7 nitrogen and oxygen atoms in total. The Balaban J connectivity index is 2.20. The monoisotopic (exact) mass is 378 g/mol. The number of hydrogen-bond donors (Lipinski definition) is 1. The molecular weight excluding hydrogens is 352 g/mol. The zero-order valence-electron chi connectivity index (χ0n) is 15.5. The normalized spacial score (nSPS) is 16.9. The summed E-state index contributed by atoms with van der Waals surface area (Å²) in [4.78, 5) is 4.33. The highest BCUT2D eigenvalue weighted by Gasteiger charge is 2.21. The number of ether oxygens (including phenoxy) is 1. The first-order chi connectivity index (χ1) is 12.4. The van der Waals surface area contributed by atoms with E-state index < -0.39 is 10.0 Å². The summed E-state index contributed by atoms with van der Waals surface area (Å²) in [5.41, 5.74) is 2.26. The molecule has 0 amide bonds. The van der Waals surface area contributed by atoms with Gasteiger partial charge in [-0.2, -0.15) is 5.26 Å². The predicted octanol–water partition coefficient (Wildman–Crippen LogP) is 1.26. The molecule has 8 heteroatoms. The number of likely N-dealkylation sites (N-methyl/N-ethyl adjacent to an activating group) is 1. The maximum Gasteiger partial charge on any atom is 0.251 e. The summed E-state index contributed by atoms with van der Waals surface area (Å²) in [5.74, 6) is 0. The fourth-order valence-electron chi connectivity index (χ4n) is 2.81. The largest absolute Gasteiger partial charge is 0.383 e. The van der Waals surface area contributed by atoms with Crippen LogP contribution in [0, 0.1) is 11.3 Å². The van der Waals surface area contributed by atoms with Gasteiger partial charge in [-0.15, -0.1) is 0 Å². The first kappa shape index (κ1) is 20.4. The number of anilines is 1. The summed E-state index contributed by atoms with van der Waals surface area (Å²) in [6.45, 7) is 5.99. The first-order valence-corrected chi connectivity index (χ1v) is 10.0. The van der Waals surface area contributed by atoms with E-state index in [1.54, 1.807) is 6.92 Å². The third-order valence-corrected chi connectivity index (χ3v) is 6.00. The molecule has 1 aromatic carbocycles. The summed E-state index contributed by atoms with van der Waals surface area (Å²) in [7, 11) is -0.257. The van der Waals surface area contributed by atoms with Gasteiger partial charge in [0.2, 0.25) is 0 Å². The highest BCUT2D eigenvalue weighted by molar-refractivity contribution is 7.93. The number of piperazine rings is 1. The molecule has 1 heterocycles. The van der Waals surface area contributed by atoms with Gasteiger partial charge >= 0.3 is 0 Å². The highest BCUT2D eigenvalue weighted by Crippen LogP contribution is 2.24. The zero-order chi connectivity index (χ0) is 19.2. The van der Waals surface area contributed by atoms with Crippen molar-refractivity contribution in [2.75, 3.05) is 58.4 Å². The maximum absolute atomic E-state index is 12.3. The number of rotatable bonds is 7. The zero-order valence-corrected chi connectivity index (χ0v) is 16.3. The van der Waals surface area contributed by atoms with Crippen LogP contribution in [0.4, 0.5) is 5.69 Å².